The van der Waals surface area contributed by atoms with E-state index in [9.17, 15) is 13.2 Å². The average Bonchev–Trinajstić information content (AvgIpc) is 3.01. The first-order chi connectivity index (χ1) is 13.0. The molecule has 0 N–H and O–H groups in total. The van der Waals surface area contributed by atoms with E-state index in [0.29, 0.717) is 19.3 Å². The maximum atomic E-state index is 12.3. The monoisotopic (exact) mass is 420 g/mol. The Morgan fingerprint density at radius 2 is 1.75 bits per heavy atom. The van der Waals surface area contributed by atoms with E-state index in [-0.39, 0.29) is 11.5 Å². The maximum absolute atomic E-state index is 12.3. The number of hydrogen-bond donors (Lipinski definition) is 0. The van der Waals surface area contributed by atoms with Crippen molar-refractivity contribution in [2.75, 3.05) is 5.75 Å². The van der Waals surface area contributed by atoms with Crippen LogP contribution in [-0.4, -0.2) is 24.7 Å². The third-order valence-corrected chi connectivity index (χ3v) is 8.84. The summed E-state index contributed by atoms with van der Waals surface area (Å²) in [6.45, 7) is 9.36. The Balaban J connectivity index is 1.80. The van der Waals surface area contributed by atoms with Gasteiger partial charge >= 0.3 is 0 Å². The Kier molecular flexibility index (Phi) is 7.63. The van der Waals surface area contributed by atoms with Crippen LogP contribution in [0.3, 0.4) is 0 Å². The largest absolute Gasteiger partial charge is 0.299 e. The molecule has 0 aliphatic carbocycles. The molecule has 0 saturated carbocycles. The first-order valence-electron chi connectivity index (χ1n) is 9.88. The van der Waals surface area contributed by atoms with E-state index in [1.807, 2.05) is 0 Å². The Hall–Kier alpha value is -1.46. The van der Waals surface area contributed by atoms with Gasteiger partial charge in [0, 0.05) is 17.7 Å². The fourth-order valence-corrected chi connectivity index (χ4v) is 5.12. The first-order valence-corrected chi connectivity index (χ1v) is 12.4. The molecule has 5 heteroatoms. The number of unbranched alkanes of at least 4 members (excludes halogenated alkanes) is 2. The SMILES string of the molecule is Cc1csc(-c2ccc(CC(=O)CCCCCS(=O)(=O)C(C)(C)C)c(C)c2)c1. The van der Waals surface area contributed by atoms with Crippen molar-refractivity contribution in [2.24, 2.45) is 0 Å². The second kappa shape index (κ2) is 9.36. The predicted octanol–water partition coefficient (Wildman–Crippen LogP) is 5.92. The van der Waals surface area contributed by atoms with E-state index < -0.39 is 14.6 Å². The number of benzene rings is 1. The minimum absolute atomic E-state index is 0.202. The standard InChI is InChI=1S/C23H32O3S2/c1-17-13-22(27-16-17)20-11-10-19(18(2)14-20)15-21(24)9-7-6-8-12-28(25,26)23(3,4)5/h10-11,13-14,16H,6-9,12,15H2,1-5H3. The number of ketones is 1. The summed E-state index contributed by atoms with van der Waals surface area (Å²) in [6.07, 6.45) is 3.12. The summed E-state index contributed by atoms with van der Waals surface area (Å²) in [5.74, 6) is 0.425. The van der Waals surface area contributed by atoms with Gasteiger partial charge in [0.15, 0.2) is 9.84 Å². The molecule has 3 nitrogen and oxygen atoms in total. The number of aryl methyl sites for hydroxylation is 2. The van der Waals surface area contributed by atoms with Crippen molar-refractivity contribution < 1.29 is 13.2 Å². The van der Waals surface area contributed by atoms with E-state index in [2.05, 4.69) is 43.5 Å². The van der Waals surface area contributed by atoms with E-state index in [0.717, 1.165) is 24.0 Å². The number of Topliss-reactive ketones (excluding diaryl/α,β-unsaturated/α-hetero) is 1. The van der Waals surface area contributed by atoms with Crippen LogP contribution in [0.2, 0.25) is 0 Å². The molecule has 1 aromatic carbocycles. The van der Waals surface area contributed by atoms with Crippen LogP contribution >= 0.6 is 11.3 Å². The predicted molar refractivity (Wildman–Crippen MR) is 120 cm³/mol. The third kappa shape index (κ3) is 6.28. The maximum Gasteiger partial charge on any atom is 0.155 e. The van der Waals surface area contributed by atoms with Gasteiger partial charge in [-0.1, -0.05) is 24.6 Å². The van der Waals surface area contributed by atoms with Crippen LogP contribution in [0.4, 0.5) is 0 Å². The zero-order valence-electron chi connectivity index (χ0n) is 17.7. The van der Waals surface area contributed by atoms with Gasteiger partial charge in [-0.3, -0.25) is 4.79 Å². The van der Waals surface area contributed by atoms with Gasteiger partial charge in [-0.05, 0) is 81.2 Å². The lowest BCUT2D eigenvalue weighted by molar-refractivity contribution is -0.118. The molecule has 154 valence electrons. The molecule has 2 rings (SSSR count). The van der Waals surface area contributed by atoms with Crippen LogP contribution in [0, 0.1) is 13.8 Å². The Morgan fingerprint density at radius 1 is 1.04 bits per heavy atom. The molecule has 0 unspecified atom stereocenters. The molecule has 0 aliphatic heterocycles. The summed E-state index contributed by atoms with van der Waals surface area (Å²) in [7, 11) is -3.06. The Bertz CT molecular complexity index is 916. The van der Waals surface area contributed by atoms with Gasteiger partial charge in [0.2, 0.25) is 0 Å². The van der Waals surface area contributed by atoms with Gasteiger partial charge in [-0.25, -0.2) is 8.42 Å². The smallest absolute Gasteiger partial charge is 0.155 e. The van der Waals surface area contributed by atoms with E-state index >= 15 is 0 Å². The molecular weight excluding hydrogens is 388 g/mol. The molecule has 0 spiro atoms. The Morgan fingerprint density at radius 3 is 2.32 bits per heavy atom. The molecular formula is C23H32O3S2. The quantitative estimate of drug-likeness (QED) is 0.473. The van der Waals surface area contributed by atoms with Gasteiger partial charge in [0.1, 0.15) is 5.78 Å². The second-order valence-corrected chi connectivity index (χ2v) is 12.4. The summed E-state index contributed by atoms with van der Waals surface area (Å²) >= 11 is 1.74. The first kappa shape index (κ1) is 22.8. The minimum Gasteiger partial charge on any atom is -0.299 e. The molecule has 0 bridgehead atoms. The fraction of sp³-hybridized carbons (Fsp3) is 0.522. The van der Waals surface area contributed by atoms with Crippen molar-refractivity contribution in [3.05, 3.63) is 46.3 Å². The number of thiophene rings is 1. The highest BCUT2D eigenvalue weighted by molar-refractivity contribution is 7.92. The lowest BCUT2D eigenvalue weighted by atomic mass is 9.98. The molecule has 0 saturated heterocycles. The normalized spacial score (nSPS) is 12.3. The lowest BCUT2D eigenvalue weighted by Gasteiger charge is -2.18. The van der Waals surface area contributed by atoms with Crippen molar-refractivity contribution in [1.82, 2.24) is 0 Å². The van der Waals surface area contributed by atoms with Crippen molar-refractivity contribution in [2.45, 2.75) is 71.5 Å². The molecule has 0 fully saturated rings. The fourth-order valence-electron chi connectivity index (χ4n) is 3.03. The van der Waals surface area contributed by atoms with Crippen LogP contribution in [-0.2, 0) is 21.1 Å². The van der Waals surface area contributed by atoms with Gasteiger partial charge in [-0.2, -0.15) is 0 Å². The minimum atomic E-state index is -3.06. The van der Waals surface area contributed by atoms with Crippen molar-refractivity contribution >= 4 is 27.0 Å². The molecule has 28 heavy (non-hydrogen) atoms. The lowest BCUT2D eigenvalue weighted by Crippen LogP contribution is -2.30. The average molecular weight is 421 g/mol. The highest BCUT2D eigenvalue weighted by Gasteiger charge is 2.27. The summed E-state index contributed by atoms with van der Waals surface area (Å²) in [4.78, 5) is 13.6. The topological polar surface area (TPSA) is 51.2 Å². The number of sulfone groups is 1. The van der Waals surface area contributed by atoms with Crippen LogP contribution in [0.25, 0.3) is 10.4 Å². The summed E-state index contributed by atoms with van der Waals surface area (Å²) in [5.41, 5.74) is 4.70. The second-order valence-electron chi connectivity index (χ2n) is 8.59. The van der Waals surface area contributed by atoms with Crippen LogP contribution < -0.4 is 0 Å². The van der Waals surface area contributed by atoms with E-state index in [1.165, 1.54) is 16.0 Å². The third-order valence-electron chi connectivity index (χ3n) is 5.05. The highest BCUT2D eigenvalue weighted by Crippen LogP contribution is 2.28. The van der Waals surface area contributed by atoms with Crippen LogP contribution in [0.5, 0.6) is 0 Å². The van der Waals surface area contributed by atoms with Crippen LogP contribution in [0.15, 0.2) is 29.6 Å². The zero-order valence-corrected chi connectivity index (χ0v) is 19.3. The van der Waals surface area contributed by atoms with Gasteiger partial charge < -0.3 is 0 Å². The number of hydrogen-bond acceptors (Lipinski definition) is 4. The zero-order chi connectivity index (χ0) is 20.9. The van der Waals surface area contributed by atoms with Crippen molar-refractivity contribution in [1.29, 1.82) is 0 Å². The number of carbonyl (C=O) groups is 1. The summed E-state index contributed by atoms with van der Waals surface area (Å²) < 4.78 is 23.5. The molecule has 2 aromatic rings. The number of rotatable bonds is 9. The number of carbonyl (C=O) groups excluding carboxylic acids is 1. The highest BCUT2D eigenvalue weighted by atomic mass is 32.2. The van der Waals surface area contributed by atoms with E-state index in [4.69, 9.17) is 0 Å². The van der Waals surface area contributed by atoms with Crippen LogP contribution in [0.1, 0.15) is 63.1 Å². The summed E-state index contributed by atoms with van der Waals surface area (Å²) in [5, 5.41) is 2.15. The molecule has 0 aliphatic rings. The van der Waals surface area contributed by atoms with Gasteiger partial charge in [-0.15, -0.1) is 11.3 Å². The Labute approximate surface area is 174 Å². The van der Waals surface area contributed by atoms with Gasteiger partial charge in [0.05, 0.1) is 10.5 Å². The molecule has 1 heterocycles. The molecule has 0 amide bonds. The molecule has 0 atom stereocenters. The van der Waals surface area contributed by atoms with Crippen molar-refractivity contribution in [3.63, 3.8) is 0 Å². The van der Waals surface area contributed by atoms with Crippen molar-refractivity contribution in [3.8, 4) is 10.4 Å². The van der Waals surface area contributed by atoms with E-state index in [1.54, 1.807) is 32.1 Å². The molecule has 0 radical (unpaired) electrons. The van der Waals surface area contributed by atoms with Gasteiger partial charge in [0.25, 0.3) is 0 Å². The summed E-state index contributed by atoms with van der Waals surface area (Å²) in [6, 6.07) is 8.50. The molecule has 1 aromatic heterocycles.